The zero-order valence-electron chi connectivity index (χ0n) is 7.78. The molecule has 0 aromatic carbocycles. The maximum Gasteiger partial charge on any atom is 0.334 e. The number of carbonyl (C=O) groups excluding carboxylic acids is 1. The van der Waals surface area contributed by atoms with Crippen LogP contribution >= 0.6 is 0 Å². The number of aliphatic hydroxyl groups is 1. The highest BCUT2D eigenvalue weighted by molar-refractivity contribution is 5.77. The molecule has 0 aromatic rings. The fraction of sp³-hybridized carbons (Fsp3) is 0.750. The van der Waals surface area contributed by atoms with Crippen LogP contribution in [0.5, 0.6) is 0 Å². The first kappa shape index (κ1) is 11.9. The summed E-state index contributed by atoms with van der Waals surface area (Å²) in [6.45, 7) is 3.14. The number of hydrogen-bond donors (Lipinski definition) is 3. The standard InChI is InChI=1S/C8H15NO4/c1-3-4-6(9-5(2)10)7(11)8(12)13/h6-7,11H,3-4H2,1-2H3,(H,9,10)(H,12,13)/t6-,7?/m0/s1. The van der Waals surface area contributed by atoms with Gasteiger partial charge in [-0.2, -0.15) is 0 Å². The van der Waals surface area contributed by atoms with Crippen LogP contribution in [0.2, 0.25) is 0 Å². The summed E-state index contributed by atoms with van der Waals surface area (Å²) in [6, 6.07) is -0.694. The van der Waals surface area contributed by atoms with E-state index in [1.165, 1.54) is 6.92 Å². The van der Waals surface area contributed by atoms with E-state index in [9.17, 15) is 9.59 Å². The fourth-order valence-electron chi connectivity index (χ4n) is 1.05. The van der Waals surface area contributed by atoms with Crippen molar-refractivity contribution in [2.75, 3.05) is 0 Å². The summed E-state index contributed by atoms with van der Waals surface area (Å²) >= 11 is 0. The van der Waals surface area contributed by atoms with Crippen molar-refractivity contribution in [1.82, 2.24) is 5.32 Å². The van der Waals surface area contributed by atoms with Crippen molar-refractivity contribution in [3.63, 3.8) is 0 Å². The number of hydrogen-bond acceptors (Lipinski definition) is 3. The van der Waals surface area contributed by atoms with Crippen molar-refractivity contribution < 1.29 is 19.8 Å². The Morgan fingerprint density at radius 1 is 1.46 bits per heavy atom. The average molecular weight is 189 g/mol. The number of amides is 1. The van der Waals surface area contributed by atoms with E-state index in [1.807, 2.05) is 6.92 Å². The lowest BCUT2D eigenvalue weighted by Gasteiger charge is -2.19. The van der Waals surface area contributed by atoms with Gasteiger partial charge in [0.25, 0.3) is 0 Å². The SMILES string of the molecule is CCC[C@H](NC(C)=O)C(O)C(=O)O. The number of nitrogens with one attached hydrogen (secondary N) is 1. The Bertz CT molecular complexity index is 193. The Morgan fingerprint density at radius 2 is 2.00 bits per heavy atom. The minimum atomic E-state index is -1.52. The van der Waals surface area contributed by atoms with Crippen LogP contribution in [-0.4, -0.2) is 34.2 Å². The number of carbonyl (C=O) groups is 2. The lowest BCUT2D eigenvalue weighted by atomic mass is 10.1. The minimum absolute atomic E-state index is 0.334. The molecule has 0 bridgehead atoms. The third-order valence-electron chi connectivity index (χ3n) is 1.62. The van der Waals surface area contributed by atoms with Gasteiger partial charge in [-0.3, -0.25) is 4.79 Å². The van der Waals surface area contributed by atoms with Crippen molar-refractivity contribution in [2.24, 2.45) is 0 Å². The van der Waals surface area contributed by atoms with Gasteiger partial charge in [0, 0.05) is 6.92 Å². The van der Waals surface area contributed by atoms with Gasteiger partial charge in [-0.25, -0.2) is 4.79 Å². The van der Waals surface area contributed by atoms with Crippen molar-refractivity contribution in [2.45, 2.75) is 38.8 Å². The molecule has 0 heterocycles. The molecule has 0 saturated carbocycles. The van der Waals surface area contributed by atoms with Crippen LogP contribution in [0.4, 0.5) is 0 Å². The molecule has 0 aliphatic rings. The van der Waals surface area contributed by atoms with Gasteiger partial charge in [0.15, 0.2) is 6.10 Å². The van der Waals surface area contributed by atoms with E-state index in [2.05, 4.69) is 5.32 Å². The molecule has 0 saturated heterocycles. The van der Waals surface area contributed by atoms with E-state index in [1.54, 1.807) is 0 Å². The van der Waals surface area contributed by atoms with Crippen molar-refractivity contribution in [3.8, 4) is 0 Å². The zero-order valence-corrected chi connectivity index (χ0v) is 7.78. The van der Waals surface area contributed by atoms with Crippen LogP contribution in [-0.2, 0) is 9.59 Å². The topological polar surface area (TPSA) is 86.6 Å². The Labute approximate surface area is 76.8 Å². The number of rotatable bonds is 5. The van der Waals surface area contributed by atoms with Gasteiger partial charge in [0.2, 0.25) is 5.91 Å². The highest BCUT2D eigenvalue weighted by Crippen LogP contribution is 2.02. The molecule has 0 rings (SSSR count). The second-order valence-electron chi connectivity index (χ2n) is 2.88. The van der Waals surface area contributed by atoms with E-state index < -0.39 is 18.1 Å². The number of carboxylic acid groups (broad SMARTS) is 1. The second-order valence-corrected chi connectivity index (χ2v) is 2.88. The molecule has 3 N–H and O–H groups in total. The summed E-state index contributed by atoms with van der Waals surface area (Å²) in [5.41, 5.74) is 0. The Morgan fingerprint density at radius 3 is 2.31 bits per heavy atom. The largest absolute Gasteiger partial charge is 0.479 e. The molecular formula is C8H15NO4. The third-order valence-corrected chi connectivity index (χ3v) is 1.62. The van der Waals surface area contributed by atoms with Crippen LogP contribution in [0.25, 0.3) is 0 Å². The van der Waals surface area contributed by atoms with Gasteiger partial charge in [-0.05, 0) is 6.42 Å². The molecule has 2 atom stereocenters. The summed E-state index contributed by atoms with van der Waals surface area (Å²) in [7, 11) is 0. The van der Waals surface area contributed by atoms with Crippen molar-refractivity contribution >= 4 is 11.9 Å². The maximum absolute atomic E-state index is 10.6. The fourth-order valence-corrected chi connectivity index (χ4v) is 1.05. The van der Waals surface area contributed by atoms with Crippen LogP contribution in [0.3, 0.4) is 0 Å². The molecule has 0 radical (unpaired) electrons. The Hall–Kier alpha value is -1.10. The third kappa shape index (κ3) is 4.47. The Balaban J connectivity index is 4.22. The molecular weight excluding hydrogens is 174 g/mol. The van der Waals surface area contributed by atoms with Crippen LogP contribution in [0.1, 0.15) is 26.7 Å². The van der Waals surface area contributed by atoms with Gasteiger partial charge in [-0.15, -0.1) is 0 Å². The highest BCUT2D eigenvalue weighted by atomic mass is 16.4. The second kappa shape index (κ2) is 5.53. The summed E-state index contributed by atoms with van der Waals surface area (Å²) in [5, 5.41) is 20.0. The molecule has 13 heavy (non-hydrogen) atoms. The highest BCUT2D eigenvalue weighted by Gasteiger charge is 2.25. The maximum atomic E-state index is 10.6. The molecule has 1 unspecified atom stereocenters. The molecule has 0 spiro atoms. The van der Waals surface area contributed by atoms with Crippen LogP contribution < -0.4 is 5.32 Å². The van der Waals surface area contributed by atoms with Gasteiger partial charge in [-0.1, -0.05) is 13.3 Å². The first-order valence-electron chi connectivity index (χ1n) is 4.17. The number of aliphatic hydroxyl groups excluding tert-OH is 1. The predicted molar refractivity (Wildman–Crippen MR) is 46.2 cm³/mol. The van der Waals surface area contributed by atoms with Gasteiger partial charge in [0.05, 0.1) is 6.04 Å². The quantitative estimate of drug-likeness (QED) is 0.556. The van der Waals surface area contributed by atoms with Gasteiger partial charge in [0.1, 0.15) is 0 Å². The monoisotopic (exact) mass is 189 g/mol. The smallest absolute Gasteiger partial charge is 0.334 e. The van der Waals surface area contributed by atoms with Gasteiger partial charge >= 0.3 is 5.97 Å². The zero-order chi connectivity index (χ0) is 10.4. The minimum Gasteiger partial charge on any atom is -0.479 e. The summed E-state index contributed by atoms with van der Waals surface area (Å²) < 4.78 is 0. The lowest BCUT2D eigenvalue weighted by molar-refractivity contribution is -0.148. The molecule has 0 aliphatic heterocycles. The summed E-state index contributed by atoms with van der Waals surface area (Å²) in [5.74, 6) is -1.65. The van der Waals surface area contributed by atoms with Gasteiger partial charge < -0.3 is 15.5 Å². The van der Waals surface area contributed by atoms with E-state index in [0.29, 0.717) is 12.8 Å². The first-order valence-corrected chi connectivity index (χ1v) is 4.17. The molecule has 5 heteroatoms. The summed E-state index contributed by atoms with van der Waals surface area (Å²) in [6.07, 6.45) is -0.369. The van der Waals surface area contributed by atoms with Crippen LogP contribution in [0.15, 0.2) is 0 Å². The lowest BCUT2D eigenvalue weighted by Crippen LogP contribution is -2.46. The van der Waals surface area contributed by atoms with Crippen molar-refractivity contribution in [1.29, 1.82) is 0 Å². The molecule has 0 aliphatic carbocycles. The predicted octanol–water partition coefficient (Wildman–Crippen LogP) is -0.263. The molecule has 0 fully saturated rings. The molecule has 76 valence electrons. The van der Waals surface area contributed by atoms with E-state index in [4.69, 9.17) is 10.2 Å². The number of carboxylic acids is 1. The van der Waals surface area contributed by atoms with E-state index in [-0.39, 0.29) is 5.91 Å². The molecule has 0 aromatic heterocycles. The average Bonchev–Trinajstić information content (AvgIpc) is 2.01. The van der Waals surface area contributed by atoms with Crippen molar-refractivity contribution in [3.05, 3.63) is 0 Å². The molecule has 1 amide bonds. The molecule has 5 nitrogen and oxygen atoms in total. The number of aliphatic carboxylic acids is 1. The normalized spacial score (nSPS) is 14.7. The Kier molecular flexibility index (Phi) is 5.06. The van der Waals surface area contributed by atoms with Crippen LogP contribution in [0, 0.1) is 0 Å². The first-order chi connectivity index (χ1) is 5.99. The van der Waals surface area contributed by atoms with E-state index >= 15 is 0 Å². The summed E-state index contributed by atoms with van der Waals surface area (Å²) in [4.78, 5) is 21.0. The van der Waals surface area contributed by atoms with E-state index in [0.717, 1.165) is 0 Å².